The van der Waals surface area contributed by atoms with Crippen LogP contribution in [0.25, 0.3) is 44.5 Å². The maximum atomic E-state index is 14.0. The second-order valence-corrected chi connectivity index (χ2v) is 24.5. The largest absolute Gasteiger partial charge is 0.508 e. The number of ether oxygens (including phenoxy) is 1. The zero-order valence-electron chi connectivity index (χ0n) is 47.0. The first-order valence-corrected chi connectivity index (χ1v) is 30.3. The first-order valence-electron chi connectivity index (χ1n) is 28.3. The summed E-state index contributed by atoms with van der Waals surface area (Å²) in [7, 11) is 0. The molecule has 9 rings (SSSR count). The van der Waals surface area contributed by atoms with Gasteiger partial charge in [0.25, 0.3) is 5.91 Å². The fraction of sp³-hybridized carbons (Fsp3) is 0.371. The Balaban J connectivity index is 0.723. The van der Waals surface area contributed by atoms with E-state index >= 15 is 0 Å². The Morgan fingerprint density at radius 1 is 0.729 bits per heavy atom. The number of unbranched alkanes of at least 4 members (excludes halogenated alkanes) is 3. The van der Waals surface area contributed by atoms with Crippen LogP contribution in [0.1, 0.15) is 96.6 Å². The number of hydrogen-bond donors (Lipinski definition) is 10. The lowest BCUT2D eigenvalue weighted by molar-refractivity contribution is -0.124. The normalized spacial score (nSPS) is 16.3. The molecule has 0 unspecified atom stereocenters. The number of aromatic hydroxyl groups is 1. The van der Waals surface area contributed by atoms with E-state index in [2.05, 4.69) is 42.5 Å². The molecule has 0 spiro atoms. The van der Waals surface area contributed by atoms with Gasteiger partial charge in [-0.25, -0.2) is 14.4 Å². The highest BCUT2D eigenvalue weighted by Crippen LogP contribution is 2.45. The van der Waals surface area contributed by atoms with Crippen molar-refractivity contribution in [2.45, 2.75) is 92.8 Å². The molecule has 0 saturated carbocycles. The molecule has 0 radical (unpaired) electrons. The van der Waals surface area contributed by atoms with Crippen molar-refractivity contribution in [3.63, 3.8) is 0 Å². The van der Waals surface area contributed by atoms with Crippen LogP contribution in [0.4, 0.5) is 9.59 Å². The molecule has 3 heterocycles. The number of carboxylic acid groups (broad SMARTS) is 1. The van der Waals surface area contributed by atoms with Crippen LogP contribution in [0.15, 0.2) is 112 Å². The van der Waals surface area contributed by atoms with E-state index in [1.54, 1.807) is 19.9 Å². The molecule has 4 aromatic rings. The topological polar surface area (TPSA) is 313 Å². The molecule has 0 bridgehead atoms. The standard InChI is InChI=1S/C62H68N8O13S2/c1-62(2,85-34-53(75)67-31-52(74)64-26-27-66-57(76)35-18-21-42(45(28-35)59(78)79)54-43-22-19-36(71)29-48(43)83-49-30-37(72)20-23-44(49)54)56(70-61(81)82-32-46-40-14-6-4-12-38(40)39-13-5-7-15-41(39)46)58(77)65-25-11-3-10-24-63-51(73)17-9-8-16-50-55-47(33-84-50)68-60(80)69-55/h4-7,12-15,18-23,28-30,46-47,50,55-56,71H,3,8-11,16-17,24-27,31-34H2,1-2H3,(H,63,73)(H,64,74)(H,65,77)(H,66,76)(H,67,75)(H,70,81)(H,78,79)(H2,68,69,80)/t47-,50-,55-,56+/m0/s1. The molecule has 3 aliphatic heterocycles. The number of carboxylic acids is 1. The minimum absolute atomic E-state index is 0.0136. The number of carbonyl (C=O) groups excluding carboxylic acids is 7. The number of thioether (sulfide) groups is 2. The zero-order valence-corrected chi connectivity index (χ0v) is 48.6. The monoisotopic (exact) mass is 1200 g/mol. The molecule has 5 aliphatic rings. The SMILES string of the molecule is CC(C)(SCC(=O)NCC(=O)NCCNC(=O)c1ccc(-c2c3ccc(=O)cc-3oc3cc(O)ccc23)c(C(=O)O)c1)[C@H](NC(=O)OCC1c2ccccc2-c2ccccc21)C(=O)NCCCCCNC(=O)CCCC[C@@H]1SC[C@@H]2NC(=O)N[C@@H]21. The number of fused-ring (bicyclic) bond motifs is 6. The lowest BCUT2D eigenvalue weighted by Crippen LogP contribution is -2.57. The molecule has 2 aliphatic carbocycles. The second-order valence-electron chi connectivity index (χ2n) is 21.6. The van der Waals surface area contributed by atoms with Crippen LogP contribution in [0.5, 0.6) is 5.75 Å². The third kappa shape index (κ3) is 15.2. The number of amides is 8. The summed E-state index contributed by atoms with van der Waals surface area (Å²) >= 11 is 2.95. The zero-order chi connectivity index (χ0) is 60.2. The molecule has 0 aromatic heterocycles. The highest BCUT2D eigenvalue weighted by atomic mass is 32.2. The van der Waals surface area contributed by atoms with E-state index in [1.807, 2.05) is 60.3 Å². The molecule has 23 heteroatoms. The van der Waals surface area contributed by atoms with Crippen molar-refractivity contribution >= 4 is 82.1 Å². The molecule has 8 amide bonds. The maximum Gasteiger partial charge on any atom is 0.407 e. The van der Waals surface area contributed by atoms with E-state index in [1.165, 1.54) is 48.5 Å². The summed E-state index contributed by atoms with van der Waals surface area (Å²) in [5, 5.41) is 43.7. The summed E-state index contributed by atoms with van der Waals surface area (Å²) in [5.41, 5.74) is 4.94. The summed E-state index contributed by atoms with van der Waals surface area (Å²) in [4.78, 5) is 116. The van der Waals surface area contributed by atoms with Crippen LogP contribution in [0, 0.1) is 0 Å². The average Bonchev–Trinajstić information content (AvgIpc) is 3.67. The number of phenolic OH excluding ortho intramolecular Hbond substituents is 1. The van der Waals surface area contributed by atoms with Crippen molar-refractivity contribution in [2.75, 3.05) is 50.8 Å². The van der Waals surface area contributed by atoms with Gasteiger partial charge in [-0.2, -0.15) is 11.8 Å². The van der Waals surface area contributed by atoms with E-state index in [0.29, 0.717) is 54.0 Å². The van der Waals surface area contributed by atoms with E-state index in [9.17, 15) is 53.4 Å². The lowest BCUT2D eigenvalue weighted by Gasteiger charge is -2.33. The van der Waals surface area contributed by atoms with E-state index < -0.39 is 53.0 Å². The minimum Gasteiger partial charge on any atom is -0.508 e. The van der Waals surface area contributed by atoms with Crippen molar-refractivity contribution in [3.8, 4) is 39.3 Å². The Bertz CT molecular complexity index is 3490. The maximum absolute atomic E-state index is 14.0. The number of alkyl carbamates (subject to hydrolysis) is 1. The van der Waals surface area contributed by atoms with Crippen LogP contribution in [-0.2, 0) is 23.9 Å². The van der Waals surface area contributed by atoms with Gasteiger partial charge in [0.15, 0.2) is 5.43 Å². The third-order valence-electron chi connectivity index (χ3n) is 15.3. The predicted octanol–water partition coefficient (Wildman–Crippen LogP) is 6.48. The Morgan fingerprint density at radius 3 is 2.19 bits per heavy atom. The first-order chi connectivity index (χ1) is 40.9. The molecular weight excluding hydrogens is 1130 g/mol. The van der Waals surface area contributed by atoms with Gasteiger partial charge in [0, 0.05) is 88.5 Å². The van der Waals surface area contributed by atoms with E-state index in [-0.39, 0.29) is 101 Å². The number of benzene rings is 5. The third-order valence-corrected chi connectivity index (χ3v) is 18.2. The minimum atomic E-state index is -1.33. The number of nitrogens with one attached hydrogen (secondary N) is 8. The van der Waals surface area contributed by atoms with Gasteiger partial charge >= 0.3 is 18.1 Å². The fourth-order valence-electron chi connectivity index (χ4n) is 11.0. The molecule has 85 heavy (non-hydrogen) atoms. The molecule has 10 N–H and O–H groups in total. The van der Waals surface area contributed by atoms with E-state index in [4.69, 9.17) is 9.15 Å². The fourth-order valence-corrected chi connectivity index (χ4v) is 13.5. The summed E-state index contributed by atoms with van der Waals surface area (Å²) < 4.78 is 10.6. The van der Waals surface area contributed by atoms with Crippen molar-refractivity contribution in [2.24, 2.45) is 0 Å². The van der Waals surface area contributed by atoms with Gasteiger partial charge in [-0.3, -0.25) is 28.8 Å². The highest BCUT2D eigenvalue weighted by Gasteiger charge is 2.43. The molecule has 21 nitrogen and oxygen atoms in total. The summed E-state index contributed by atoms with van der Waals surface area (Å²) in [6.07, 6.45) is 4.21. The number of rotatable bonds is 27. The van der Waals surface area contributed by atoms with Crippen molar-refractivity contribution in [1.82, 2.24) is 42.5 Å². The second kappa shape index (κ2) is 27.9. The number of urea groups is 1. The molecule has 2 fully saturated rings. The van der Waals surface area contributed by atoms with Gasteiger partial charge in [-0.05, 0) is 110 Å². The number of carbonyl (C=O) groups is 8. The Labute approximate surface area is 498 Å². The van der Waals surface area contributed by atoms with Gasteiger partial charge in [0.05, 0.1) is 29.9 Å². The Morgan fingerprint density at radius 2 is 1.44 bits per heavy atom. The van der Waals surface area contributed by atoms with Gasteiger partial charge in [0.1, 0.15) is 29.7 Å². The summed E-state index contributed by atoms with van der Waals surface area (Å²) in [6, 6.07) is 27.5. The summed E-state index contributed by atoms with van der Waals surface area (Å²) in [5.74, 6) is -2.98. The van der Waals surface area contributed by atoms with Crippen molar-refractivity contribution in [1.29, 1.82) is 0 Å². The molecule has 2 saturated heterocycles. The van der Waals surface area contributed by atoms with Crippen LogP contribution >= 0.6 is 23.5 Å². The molecule has 4 aromatic carbocycles. The highest BCUT2D eigenvalue weighted by molar-refractivity contribution is 8.01. The number of phenols is 1. The number of hydrogen-bond acceptors (Lipinski definition) is 14. The van der Waals surface area contributed by atoms with Crippen LogP contribution in [-0.4, -0.2) is 137 Å². The van der Waals surface area contributed by atoms with Gasteiger partial charge in [0.2, 0.25) is 23.6 Å². The Hall–Kier alpha value is -8.57. The Kier molecular flexibility index (Phi) is 20.0. The van der Waals surface area contributed by atoms with Gasteiger partial charge < -0.3 is 61.9 Å². The van der Waals surface area contributed by atoms with Crippen molar-refractivity contribution in [3.05, 3.63) is 136 Å². The van der Waals surface area contributed by atoms with Gasteiger partial charge in [-0.1, -0.05) is 61.0 Å². The van der Waals surface area contributed by atoms with Gasteiger partial charge in [-0.15, -0.1) is 11.8 Å². The van der Waals surface area contributed by atoms with E-state index in [0.717, 1.165) is 59.0 Å². The molecular formula is C62H68N8O13S2. The summed E-state index contributed by atoms with van der Waals surface area (Å²) in [6.45, 7) is 3.74. The van der Waals surface area contributed by atoms with Crippen LogP contribution < -0.4 is 48.0 Å². The van der Waals surface area contributed by atoms with Crippen LogP contribution in [0.3, 0.4) is 0 Å². The predicted molar refractivity (Wildman–Crippen MR) is 324 cm³/mol. The average molecular weight is 1200 g/mol. The van der Waals surface area contributed by atoms with Crippen LogP contribution in [0.2, 0.25) is 0 Å². The quantitative estimate of drug-likeness (QED) is 0.0150. The first kappa shape index (κ1) is 61.0. The molecule has 4 atom stereocenters. The van der Waals surface area contributed by atoms with Crippen molar-refractivity contribution < 1.29 is 57.7 Å². The number of aromatic carboxylic acids is 1. The smallest absolute Gasteiger partial charge is 0.407 e. The molecule has 446 valence electrons. The lowest BCUT2D eigenvalue weighted by atomic mass is 9.90.